The summed E-state index contributed by atoms with van der Waals surface area (Å²) in [4.78, 5) is 27.0. The molecule has 3 unspecified atom stereocenters. The second kappa shape index (κ2) is 10.3. The van der Waals surface area contributed by atoms with E-state index in [1.54, 1.807) is 14.0 Å². The molecule has 198 valence electrons. The van der Waals surface area contributed by atoms with Crippen molar-refractivity contribution in [2.45, 2.75) is 38.7 Å². The zero-order chi connectivity index (χ0) is 26.9. The predicted octanol–water partition coefficient (Wildman–Crippen LogP) is 5.33. The third-order valence-corrected chi connectivity index (χ3v) is 7.60. The molecule has 7 heteroatoms. The van der Waals surface area contributed by atoms with Crippen LogP contribution in [0.4, 0.5) is 5.69 Å². The zero-order valence-corrected chi connectivity index (χ0v) is 22.0. The van der Waals surface area contributed by atoms with E-state index >= 15 is 0 Å². The summed E-state index contributed by atoms with van der Waals surface area (Å²) in [5.41, 5.74) is 5.56. The zero-order valence-electron chi connectivity index (χ0n) is 22.0. The van der Waals surface area contributed by atoms with Crippen molar-refractivity contribution in [3.63, 3.8) is 0 Å². The van der Waals surface area contributed by atoms with E-state index in [2.05, 4.69) is 16.7 Å². The molecule has 7 rings (SSSR count). The van der Waals surface area contributed by atoms with Gasteiger partial charge in [0.05, 0.1) is 18.7 Å². The van der Waals surface area contributed by atoms with Gasteiger partial charge in [-0.05, 0) is 59.5 Å². The average molecular weight is 522 g/mol. The van der Waals surface area contributed by atoms with Crippen LogP contribution in [0, 0.1) is 5.92 Å². The summed E-state index contributed by atoms with van der Waals surface area (Å²) in [5.74, 6) is 1.76. The number of hydrogen-bond donors (Lipinski definition) is 2. The van der Waals surface area contributed by atoms with E-state index in [1.807, 2.05) is 83.8 Å². The van der Waals surface area contributed by atoms with Crippen LogP contribution >= 0.6 is 0 Å². The standard InChI is InChI=1S/C32H31N3O4/c1-20(36)33-30-23-15-24(30)17-26(16-23)39-19-25-14-22(12-13-29(25)38-2)31-34-28-11-7-6-10-27(28)32(37)35(31)18-21-8-4-3-5-9-21/h3-14,16-17,23,30-31,34H,15,18-19H2,1-2H3,(H,33,36). The van der Waals surface area contributed by atoms with Crippen LogP contribution in [0.25, 0.3) is 0 Å². The fourth-order valence-electron chi connectivity index (χ4n) is 5.63. The van der Waals surface area contributed by atoms with Crippen LogP contribution in [0.2, 0.25) is 0 Å². The molecule has 2 N–H and O–H groups in total. The summed E-state index contributed by atoms with van der Waals surface area (Å²) in [6.45, 7) is 2.34. The second-order valence-corrected chi connectivity index (χ2v) is 10.2. The van der Waals surface area contributed by atoms with E-state index in [0.29, 0.717) is 18.7 Å². The van der Waals surface area contributed by atoms with Crippen molar-refractivity contribution < 1.29 is 19.1 Å². The highest BCUT2D eigenvalue weighted by Gasteiger charge is 2.38. The molecule has 3 aromatic rings. The van der Waals surface area contributed by atoms with Crippen LogP contribution in [-0.4, -0.2) is 29.9 Å². The van der Waals surface area contributed by atoms with Crippen molar-refractivity contribution in [1.82, 2.24) is 10.2 Å². The molecule has 39 heavy (non-hydrogen) atoms. The van der Waals surface area contributed by atoms with Gasteiger partial charge in [-0.25, -0.2) is 0 Å². The number of para-hydroxylation sites is 1. The molecule has 0 saturated heterocycles. The fourth-order valence-corrected chi connectivity index (χ4v) is 5.63. The Hall–Kier alpha value is -4.52. The molecule has 2 amide bonds. The minimum atomic E-state index is -0.362. The van der Waals surface area contributed by atoms with Gasteiger partial charge in [-0.1, -0.05) is 48.5 Å². The summed E-state index contributed by atoms with van der Waals surface area (Å²) in [6, 6.07) is 23.7. The molecule has 1 heterocycles. The van der Waals surface area contributed by atoms with Crippen molar-refractivity contribution in [3.8, 4) is 5.75 Å². The number of anilines is 1. The molecule has 2 bridgehead atoms. The molecule has 4 aliphatic rings. The Labute approximate surface area is 228 Å². The van der Waals surface area contributed by atoms with E-state index in [-0.39, 0.29) is 29.9 Å². The van der Waals surface area contributed by atoms with Crippen molar-refractivity contribution in [3.05, 3.63) is 119 Å². The molecule has 7 nitrogen and oxygen atoms in total. The Morgan fingerprint density at radius 1 is 1.08 bits per heavy atom. The number of hydrogen-bond acceptors (Lipinski definition) is 5. The van der Waals surface area contributed by atoms with Gasteiger partial charge in [0.1, 0.15) is 24.3 Å². The summed E-state index contributed by atoms with van der Waals surface area (Å²) >= 11 is 0. The largest absolute Gasteiger partial charge is 0.496 e. The Bertz CT molecular complexity index is 1480. The second-order valence-electron chi connectivity index (χ2n) is 10.2. The Balaban J connectivity index is 1.26. The molecular formula is C32H31N3O4. The van der Waals surface area contributed by atoms with Gasteiger partial charge in [0.15, 0.2) is 0 Å². The van der Waals surface area contributed by atoms with Gasteiger partial charge in [-0.15, -0.1) is 0 Å². The van der Waals surface area contributed by atoms with Crippen LogP contribution in [0.15, 0.2) is 96.3 Å². The Morgan fingerprint density at radius 2 is 1.87 bits per heavy atom. The van der Waals surface area contributed by atoms with Crippen LogP contribution in [0.5, 0.6) is 5.75 Å². The molecule has 1 aliphatic heterocycles. The number of carbonyl (C=O) groups is 2. The molecule has 0 aromatic heterocycles. The van der Waals surface area contributed by atoms with Gasteiger partial charge in [0.25, 0.3) is 5.91 Å². The summed E-state index contributed by atoms with van der Waals surface area (Å²) in [6.07, 6.45) is 4.71. The molecule has 3 aliphatic carbocycles. The first-order chi connectivity index (χ1) is 19.0. The van der Waals surface area contributed by atoms with Crippen LogP contribution < -0.4 is 15.4 Å². The summed E-state index contributed by atoms with van der Waals surface area (Å²) < 4.78 is 11.9. The van der Waals surface area contributed by atoms with E-state index in [1.165, 1.54) is 5.57 Å². The number of allylic oxidation sites excluding steroid dienone is 1. The quantitative estimate of drug-likeness (QED) is 0.419. The van der Waals surface area contributed by atoms with Gasteiger partial charge < -0.3 is 25.0 Å². The first-order valence-corrected chi connectivity index (χ1v) is 13.2. The topological polar surface area (TPSA) is 79.9 Å². The third kappa shape index (κ3) is 4.88. The Kier molecular flexibility index (Phi) is 6.57. The van der Waals surface area contributed by atoms with Crippen molar-refractivity contribution >= 4 is 17.5 Å². The van der Waals surface area contributed by atoms with Crippen molar-refractivity contribution in [1.29, 1.82) is 0 Å². The maximum Gasteiger partial charge on any atom is 0.258 e. The molecule has 3 aromatic carbocycles. The lowest BCUT2D eigenvalue weighted by molar-refractivity contribution is -0.120. The molecule has 3 atom stereocenters. The lowest BCUT2D eigenvalue weighted by atomic mass is 9.71. The highest BCUT2D eigenvalue weighted by molar-refractivity contribution is 6.01. The number of ether oxygens (including phenoxy) is 2. The third-order valence-electron chi connectivity index (χ3n) is 7.60. The van der Waals surface area contributed by atoms with Gasteiger partial charge >= 0.3 is 0 Å². The number of carbonyl (C=O) groups excluding carboxylic acids is 2. The van der Waals surface area contributed by atoms with Gasteiger partial charge in [-0.2, -0.15) is 0 Å². The average Bonchev–Trinajstić information content (AvgIpc) is 2.96. The lowest BCUT2D eigenvalue weighted by Gasteiger charge is -2.41. The van der Waals surface area contributed by atoms with Crippen molar-refractivity contribution in [2.24, 2.45) is 5.92 Å². The van der Waals surface area contributed by atoms with Gasteiger partial charge in [0.2, 0.25) is 5.91 Å². The minimum Gasteiger partial charge on any atom is -0.496 e. The molecular weight excluding hydrogens is 490 g/mol. The maximum atomic E-state index is 13.7. The first kappa shape index (κ1) is 24.8. The molecule has 0 radical (unpaired) electrons. The number of fused-ring (bicyclic) bond motifs is 2. The number of nitrogens with one attached hydrogen (secondary N) is 2. The lowest BCUT2D eigenvalue weighted by Crippen LogP contribution is -2.48. The molecule has 0 spiro atoms. The smallest absolute Gasteiger partial charge is 0.258 e. The van der Waals surface area contributed by atoms with Crippen molar-refractivity contribution in [2.75, 3.05) is 12.4 Å². The van der Waals surface area contributed by atoms with Gasteiger partial charge in [0, 0.05) is 30.6 Å². The number of rotatable bonds is 8. The van der Waals surface area contributed by atoms with Gasteiger partial charge in [-0.3, -0.25) is 9.59 Å². The predicted molar refractivity (Wildman–Crippen MR) is 149 cm³/mol. The van der Waals surface area contributed by atoms with E-state index in [9.17, 15) is 9.59 Å². The highest BCUT2D eigenvalue weighted by atomic mass is 16.5. The summed E-state index contributed by atoms with van der Waals surface area (Å²) in [7, 11) is 1.65. The highest BCUT2D eigenvalue weighted by Crippen LogP contribution is 2.41. The van der Waals surface area contributed by atoms with Crippen LogP contribution in [-0.2, 0) is 22.7 Å². The summed E-state index contributed by atoms with van der Waals surface area (Å²) in [5, 5.41) is 6.59. The number of methoxy groups -OCH3 is 1. The van der Waals surface area contributed by atoms with E-state index in [4.69, 9.17) is 9.47 Å². The van der Waals surface area contributed by atoms with E-state index in [0.717, 1.165) is 40.3 Å². The minimum absolute atomic E-state index is 0.0150. The van der Waals surface area contributed by atoms with Crippen LogP contribution in [0.1, 0.15) is 46.6 Å². The number of benzene rings is 3. The number of nitrogens with zero attached hydrogens (tertiary/aromatic N) is 1. The monoisotopic (exact) mass is 521 g/mol. The Morgan fingerprint density at radius 3 is 2.62 bits per heavy atom. The number of amides is 2. The molecule has 1 saturated carbocycles. The van der Waals surface area contributed by atoms with E-state index < -0.39 is 0 Å². The van der Waals surface area contributed by atoms with Crippen LogP contribution in [0.3, 0.4) is 0 Å². The maximum absolute atomic E-state index is 13.7. The SMILES string of the molecule is COc1ccc(C2Nc3ccccc3C(=O)N2Cc2ccccc2)cc1COC1=CC2CC(=C1)C2NC(C)=O. The normalized spacial score (nSPS) is 21.0. The fraction of sp³-hybridized carbons (Fsp3) is 0.250. The first-order valence-electron chi connectivity index (χ1n) is 13.2. The molecule has 1 fully saturated rings.